The van der Waals surface area contributed by atoms with Crippen LogP contribution in [0.1, 0.15) is 45.4 Å². The Morgan fingerprint density at radius 2 is 1.94 bits per heavy atom. The van der Waals surface area contributed by atoms with Crippen LogP contribution in [0.2, 0.25) is 0 Å². The predicted octanol–water partition coefficient (Wildman–Crippen LogP) is 2.53. The van der Waals surface area contributed by atoms with Gasteiger partial charge in [-0.3, -0.25) is 4.79 Å². The quantitative estimate of drug-likeness (QED) is 0.545. The first-order valence-electron chi connectivity index (χ1n) is 7.00. The van der Waals surface area contributed by atoms with Gasteiger partial charge in [0.25, 0.3) is 0 Å². The zero-order chi connectivity index (χ0) is 11.9. The molecule has 0 N–H and O–H groups in total. The van der Waals surface area contributed by atoms with Crippen molar-refractivity contribution >= 4 is 5.97 Å². The molecule has 0 amide bonds. The summed E-state index contributed by atoms with van der Waals surface area (Å²) in [6.07, 6.45) is 6.59. The average molecular weight is 238 g/mol. The Labute approximate surface area is 103 Å². The van der Waals surface area contributed by atoms with E-state index in [1.165, 1.54) is 12.8 Å². The normalized spacial score (nSPS) is 42.1. The van der Waals surface area contributed by atoms with E-state index in [4.69, 9.17) is 9.47 Å². The van der Waals surface area contributed by atoms with Crippen molar-refractivity contribution in [2.75, 3.05) is 13.2 Å². The SMILES string of the molecule is CCOCCC(=O)OC12CC3CC(C1)C(C3)C2. The Morgan fingerprint density at radius 3 is 2.53 bits per heavy atom. The third-order valence-electron chi connectivity index (χ3n) is 4.85. The minimum atomic E-state index is -0.0696. The van der Waals surface area contributed by atoms with Crippen LogP contribution in [0.5, 0.6) is 0 Å². The van der Waals surface area contributed by atoms with Crippen LogP contribution in [0, 0.1) is 17.8 Å². The molecule has 4 aliphatic rings. The highest BCUT2D eigenvalue weighted by Crippen LogP contribution is 2.61. The molecule has 17 heavy (non-hydrogen) atoms. The number of esters is 1. The zero-order valence-electron chi connectivity index (χ0n) is 10.6. The first-order chi connectivity index (χ1) is 8.21. The maximum atomic E-state index is 11.8. The number of carbonyl (C=O) groups excluding carboxylic acids is 1. The molecule has 0 aromatic carbocycles. The number of rotatable bonds is 5. The molecule has 0 spiro atoms. The van der Waals surface area contributed by atoms with Crippen molar-refractivity contribution in [3.63, 3.8) is 0 Å². The molecule has 4 fully saturated rings. The number of ether oxygens (including phenoxy) is 2. The molecule has 4 rings (SSSR count). The molecule has 2 unspecified atom stereocenters. The van der Waals surface area contributed by atoms with Gasteiger partial charge in [0.1, 0.15) is 5.60 Å². The van der Waals surface area contributed by atoms with Crippen LogP contribution in [0.3, 0.4) is 0 Å². The lowest BCUT2D eigenvalue weighted by atomic mass is 9.78. The highest BCUT2D eigenvalue weighted by molar-refractivity contribution is 5.70. The van der Waals surface area contributed by atoms with Crippen molar-refractivity contribution in [3.8, 4) is 0 Å². The lowest BCUT2D eigenvalue weighted by molar-refractivity contribution is -0.165. The van der Waals surface area contributed by atoms with Gasteiger partial charge in [0, 0.05) is 6.61 Å². The van der Waals surface area contributed by atoms with E-state index in [1.54, 1.807) is 0 Å². The Bertz CT molecular complexity index is 293. The minimum Gasteiger partial charge on any atom is -0.459 e. The molecule has 96 valence electrons. The van der Waals surface area contributed by atoms with Gasteiger partial charge in [0.2, 0.25) is 0 Å². The van der Waals surface area contributed by atoms with E-state index < -0.39 is 0 Å². The smallest absolute Gasteiger partial charge is 0.308 e. The second kappa shape index (κ2) is 4.27. The monoisotopic (exact) mass is 238 g/mol. The molecule has 0 aromatic rings. The topological polar surface area (TPSA) is 35.5 Å². The van der Waals surface area contributed by atoms with E-state index in [1.807, 2.05) is 6.92 Å². The molecule has 4 aliphatic carbocycles. The van der Waals surface area contributed by atoms with E-state index in [0.29, 0.717) is 19.6 Å². The second-order valence-electron chi connectivity index (χ2n) is 6.07. The maximum Gasteiger partial charge on any atom is 0.308 e. The molecule has 0 aromatic heterocycles. The highest BCUT2D eigenvalue weighted by atomic mass is 16.6. The third-order valence-corrected chi connectivity index (χ3v) is 4.85. The molecule has 0 radical (unpaired) electrons. The van der Waals surface area contributed by atoms with Gasteiger partial charge in [-0.2, -0.15) is 0 Å². The van der Waals surface area contributed by atoms with Crippen molar-refractivity contribution in [1.29, 1.82) is 0 Å². The second-order valence-corrected chi connectivity index (χ2v) is 6.07. The molecule has 4 bridgehead atoms. The van der Waals surface area contributed by atoms with Crippen molar-refractivity contribution < 1.29 is 14.3 Å². The van der Waals surface area contributed by atoms with Crippen LogP contribution in [-0.2, 0) is 14.3 Å². The van der Waals surface area contributed by atoms with Gasteiger partial charge in [-0.1, -0.05) is 0 Å². The summed E-state index contributed by atoms with van der Waals surface area (Å²) >= 11 is 0. The Hall–Kier alpha value is -0.570. The van der Waals surface area contributed by atoms with E-state index >= 15 is 0 Å². The summed E-state index contributed by atoms with van der Waals surface area (Å²) in [5.74, 6) is 2.49. The van der Waals surface area contributed by atoms with Crippen molar-refractivity contribution in [3.05, 3.63) is 0 Å². The zero-order valence-corrected chi connectivity index (χ0v) is 10.6. The largest absolute Gasteiger partial charge is 0.459 e. The molecule has 3 heteroatoms. The summed E-state index contributed by atoms with van der Waals surface area (Å²) in [7, 11) is 0. The molecule has 0 aliphatic heterocycles. The van der Waals surface area contributed by atoms with E-state index in [0.717, 1.165) is 37.0 Å². The summed E-state index contributed by atoms with van der Waals surface area (Å²) in [5.41, 5.74) is -0.0696. The van der Waals surface area contributed by atoms with E-state index in [9.17, 15) is 4.79 Å². The molecule has 2 atom stereocenters. The lowest BCUT2D eigenvalue weighted by Crippen LogP contribution is -2.39. The van der Waals surface area contributed by atoms with Gasteiger partial charge in [-0.05, 0) is 56.8 Å². The lowest BCUT2D eigenvalue weighted by Gasteiger charge is -2.37. The average Bonchev–Trinajstić information content (AvgIpc) is 2.66. The van der Waals surface area contributed by atoms with Crippen molar-refractivity contribution in [1.82, 2.24) is 0 Å². The minimum absolute atomic E-state index is 0.0552. The highest BCUT2D eigenvalue weighted by Gasteiger charge is 2.57. The first kappa shape index (κ1) is 11.5. The number of carbonyl (C=O) groups is 1. The molecule has 0 heterocycles. The fourth-order valence-corrected chi connectivity index (χ4v) is 4.45. The van der Waals surface area contributed by atoms with Gasteiger partial charge >= 0.3 is 5.97 Å². The number of hydrogen-bond donors (Lipinski definition) is 0. The van der Waals surface area contributed by atoms with E-state index in [-0.39, 0.29) is 11.6 Å². The fraction of sp³-hybridized carbons (Fsp3) is 0.929. The molecule has 4 saturated carbocycles. The predicted molar refractivity (Wildman–Crippen MR) is 63.5 cm³/mol. The Morgan fingerprint density at radius 1 is 1.24 bits per heavy atom. The van der Waals surface area contributed by atoms with Crippen LogP contribution in [0.4, 0.5) is 0 Å². The number of hydrogen-bond acceptors (Lipinski definition) is 3. The first-order valence-corrected chi connectivity index (χ1v) is 7.00. The summed E-state index contributed by atoms with van der Waals surface area (Å²) in [4.78, 5) is 11.8. The van der Waals surface area contributed by atoms with Gasteiger partial charge < -0.3 is 9.47 Å². The van der Waals surface area contributed by atoms with Crippen LogP contribution >= 0.6 is 0 Å². The van der Waals surface area contributed by atoms with Crippen LogP contribution < -0.4 is 0 Å². The standard InChI is InChI=1S/C14H22O3/c1-2-16-4-3-13(15)17-14-7-10-5-11(8-14)12(6-10)9-14/h10-12H,2-9H2,1H3. The summed E-state index contributed by atoms with van der Waals surface area (Å²) in [6, 6.07) is 0. The van der Waals surface area contributed by atoms with Gasteiger partial charge in [0.15, 0.2) is 0 Å². The maximum absolute atomic E-state index is 11.8. The van der Waals surface area contributed by atoms with Crippen molar-refractivity contribution in [2.24, 2.45) is 17.8 Å². The molecule has 0 saturated heterocycles. The fourth-order valence-electron chi connectivity index (χ4n) is 4.45. The summed E-state index contributed by atoms with van der Waals surface area (Å²) < 4.78 is 11.0. The third kappa shape index (κ3) is 2.10. The van der Waals surface area contributed by atoms with Gasteiger partial charge in [-0.25, -0.2) is 0 Å². The summed E-state index contributed by atoms with van der Waals surface area (Å²) in [5, 5.41) is 0. The summed E-state index contributed by atoms with van der Waals surface area (Å²) in [6.45, 7) is 3.12. The van der Waals surface area contributed by atoms with Crippen LogP contribution in [0.15, 0.2) is 0 Å². The Balaban J connectivity index is 1.54. The Kier molecular flexibility index (Phi) is 2.89. The van der Waals surface area contributed by atoms with Crippen molar-refractivity contribution in [2.45, 2.75) is 51.0 Å². The van der Waals surface area contributed by atoms with Gasteiger partial charge in [0.05, 0.1) is 13.0 Å². The molecule has 3 nitrogen and oxygen atoms in total. The molecular weight excluding hydrogens is 216 g/mol. The van der Waals surface area contributed by atoms with Gasteiger partial charge in [-0.15, -0.1) is 0 Å². The molecular formula is C14H22O3. The van der Waals surface area contributed by atoms with E-state index in [2.05, 4.69) is 0 Å². The van der Waals surface area contributed by atoms with Crippen LogP contribution in [0.25, 0.3) is 0 Å². The van der Waals surface area contributed by atoms with Crippen LogP contribution in [-0.4, -0.2) is 24.8 Å².